The van der Waals surface area contributed by atoms with Gasteiger partial charge in [-0.05, 0) is 93.6 Å². The van der Waals surface area contributed by atoms with Crippen LogP contribution in [0.1, 0.15) is 5.56 Å². The van der Waals surface area contributed by atoms with E-state index < -0.39 is 0 Å². The molecule has 0 aromatic heterocycles. The molecular formula is C39H20BrN. The molecule has 0 heterocycles. The lowest BCUT2D eigenvalue weighted by Gasteiger charge is -2.15. The van der Waals surface area contributed by atoms with Crippen LogP contribution in [-0.2, 0) is 0 Å². The molecule has 9 rings (SSSR count). The molecule has 0 bridgehead atoms. The van der Waals surface area contributed by atoms with Crippen molar-refractivity contribution < 1.29 is 0 Å². The third kappa shape index (κ3) is 2.89. The van der Waals surface area contributed by atoms with E-state index in [0.717, 1.165) is 9.86 Å². The molecule has 0 N–H and O–H groups in total. The third-order valence-corrected chi connectivity index (χ3v) is 9.54. The van der Waals surface area contributed by atoms with Crippen molar-refractivity contribution in [2.75, 3.05) is 0 Å². The lowest BCUT2D eigenvalue weighted by molar-refractivity contribution is 1.51. The van der Waals surface area contributed by atoms with Gasteiger partial charge in [0.15, 0.2) is 0 Å². The van der Waals surface area contributed by atoms with Gasteiger partial charge in [-0.15, -0.1) is 0 Å². The van der Waals surface area contributed by atoms with E-state index >= 15 is 0 Å². The van der Waals surface area contributed by atoms with Crippen molar-refractivity contribution >= 4 is 80.6 Å². The fraction of sp³-hybridized carbons (Fsp3) is 0. The minimum atomic E-state index is 0.716. The summed E-state index contributed by atoms with van der Waals surface area (Å²) < 4.78 is 1.11. The maximum absolute atomic E-state index is 10.0. The Morgan fingerprint density at radius 2 is 0.829 bits per heavy atom. The second kappa shape index (κ2) is 8.27. The van der Waals surface area contributed by atoms with E-state index in [-0.39, 0.29) is 0 Å². The number of benzene rings is 7. The number of fused-ring (bicyclic) bond motifs is 6. The predicted molar refractivity (Wildman–Crippen MR) is 177 cm³/mol. The molecule has 2 heteroatoms. The molecule has 0 saturated heterocycles. The second-order valence-corrected chi connectivity index (χ2v) is 11.7. The first-order chi connectivity index (χ1) is 20.3. The summed E-state index contributed by atoms with van der Waals surface area (Å²) in [5, 5.41) is 24.8. The molecule has 1 nitrogen and oxygen atoms in total. The van der Waals surface area contributed by atoms with Crippen LogP contribution >= 0.6 is 15.9 Å². The maximum atomic E-state index is 10.0. The molecule has 9 aromatic rings. The highest BCUT2D eigenvalue weighted by Crippen LogP contribution is 2.55. The third-order valence-electron chi connectivity index (χ3n) is 8.85. The van der Waals surface area contributed by atoms with E-state index in [9.17, 15) is 5.26 Å². The van der Waals surface area contributed by atoms with Crippen LogP contribution in [0.15, 0.2) is 126 Å². The first kappa shape index (κ1) is 22.8. The summed E-state index contributed by atoms with van der Waals surface area (Å²) in [6.45, 7) is 0. The monoisotopic (exact) mass is 581 g/mol. The molecule has 0 aliphatic heterocycles. The summed E-state index contributed by atoms with van der Waals surface area (Å²) in [6, 6.07) is 45.9. The van der Waals surface area contributed by atoms with Gasteiger partial charge in [-0.2, -0.15) is 5.26 Å². The topological polar surface area (TPSA) is 23.8 Å². The van der Waals surface area contributed by atoms with Crippen LogP contribution in [-0.4, -0.2) is 0 Å². The van der Waals surface area contributed by atoms with Gasteiger partial charge in [0.2, 0.25) is 0 Å². The van der Waals surface area contributed by atoms with Crippen LogP contribution in [0.2, 0.25) is 0 Å². The summed E-state index contributed by atoms with van der Waals surface area (Å²) >= 11 is 3.85. The number of nitriles is 1. The van der Waals surface area contributed by atoms with Gasteiger partial charge in [-0.25, -0.2) is 0 Å². The summed E-state index contributed by atoms with van der Waals surface area (Å²) in [7, 11) is 0. The van der Waals surface area contributed by atoms with E-state index in [1.807, 2.05) is 6.07 Å². The van der Waals surface area contributed by atoms with Crippen molar-refractivity contribution in [3.63, 3.8) is 0 Å². The normalized spacial score (nSPS) is 12.0. The Labute approximate surface area is 244 Å². The Morgan fingerprint density at radius 1 is 0.390 bits per heavy atom. The zero-order chi connectivity index (χ0) is 27.2. The maximum Gasteiger partial charge on any atom is 0.0998 e. The Morgan fingerprint density at radius 3 is 1.37 bits per heavy atom. The van der Waals surface area contributed by atoms with Crippen molar-refractivity contribution in [1.29, 1.82) is 5.26 Å². The van der Waals surface area contributed by atoms with Gasteiger partial charge in [-0.1, -0.05) is 125 Å². The van der Waals surface area contributed by atoms with Crippen molar-refractivity contribution in [1.82, 2.24) is 0 Å². The van der Waals surface area contributed by atoms with E-state index in [1.54, 1.807) is 0 Å². The zero-order valence-electron chi connectivity index (χ0n) is 21.9. The number of rotatable bonds is 2. The molecule has 0 aliphatic rings. The quantitative estimate of drug-likeness (QED) is 0.199. The van der Waals surface area contributed by atoms with Crippen molar-refractivity contribution in [3.8, 4) is 28.3 Å². The van der Waals surface area contributed by atoms with Crippen LogP contribution in [0.5, 0.6) is 0 Å². The molecule has 0 amide bonds. The highest BCUT2D eigenvalue weighted by Gasteiger charge is 2.27. The van der Waals surface area contributed by atoms with Crippen LogP contribution < -0.4 is 0 Å². The Bertz CT molecular complexity index is 2420. The highest BCUT2D eigenvalue weighted by atomic mass is 79.9. The van der Waals surface area contributed by atoms with Gasteiger partial charge in [0.25, 0.3) is 0 Å². The van der Waals surface area contributed by atoms with Gasteiger partial charge < -0.3 is 0 Å². The van der Waals surface area contributed by atoms with Gasteiger partial charge in [-0.3, -0.25) is 0 Å². The van der Waals surface area contributed by atoms with Crippen LogP contribution in [0.4, 0.5) is 0 Å². The molecule has 0 spiro atoms. The van der Waals surface area contributed by atoms with Crippen LogP contribution in [0.25, 0.3) is 86.9 Å². The van der Waals surface area contributed by atoms with Crippen molar-refractivity contribution in [3.05, 3.63) is 131 Å². The average Bonchev–Trinajstić information content (AvgIpc) is 3.54. The predicted octanol–water partition coefficient (Wildman–Crippen LogP) is 11.4. The molecule has 0 unspecified atom stereocenters. The summed E-state index contributed by atoms with van der Waals surface area (Å²) in [5.41, 5.74) is 5.64. The molecule has 9 aromatic carbocycles. The molecule has 0 atom stereocenters. The minimum absolute atomic E-state index is 0.716. The van der Waals surface area contributed by atoms with Gasteiger partial charge in [0.1, 0.15) is 0 Å². The standard InChI is InChI=1S/C39H20BrN/c40-31-20-19-30-35-26(31)14-8-16-28(35)37-32(22-9-3-1-4-10-22)36-27-15-7-13-25-24(21-41)17-18-29(34(25)27)38(36)33(39(30)37)23-11-5-2-6-12-23/h1-20H. The van der Waals surface area contributed by atoms with E-state index in [0.29, 0.717) is 5.56 Å². The number of halogens is 1. The fourth-order valence-electron chi connectivity index (χ4n) is 7.32. The fourth-order valence-corrected chi connectivity index (χ4v) is 7.79. The zero-order valence-corrected chi connectivity index (χ0v) is 23.5. The van der Waals surface area contributed by atoms with Crippen LogP contribution in [0.3, 0.4) is 0 Å². The molecule has 0 fully saturated rings. The summed E-state index contributed by atoms with van der Waals surface area (Å²) in [4.78, 5) is 0. The number of hydrogen-bond acceptors (Lipinski definition) is 1. The van der Waals surface area contributed by atoms with Gasteiger partial charge in [0, 0.05) is 9.86 Å². The smallest absolute Gasteiger partial charge is 0.0998 e. The van der Waals surface area contributed by atoms with Crippen molar-refractivity contribution in [2.45, 2.75) is 0 Å². The lowest BCUT2D eigenvalue weighted by atomic mass is 9.87. The molecule has 188 valence electrons. The molecular weight excluding hydrogens is 562 g/mol. The summed E-state index contributed by atoms with van der Waals surface area (Å²) in [5.74, 6) is 0. The second-order valence-electron chi connectivity index (χ2n) is 10.8. The molecule has 41 heavy (non-hydrogen) atoms. The number of hydrogen-bond donors (Lipinski definition) is 0. The van der Waals surface area contributed by atoms with Crippen molar-refractivity contribution in [2.24, 2.45) is 0 Å². The lowest BCUT2D eigenvalue weighted by Crippen LogP contribution is -1.87. The first-order valence-electron chi connectivity index (χ1n) is 13.8. The molecule has 0 saturated carbocycles. The average molecular weight is 583 g/mol. The Balaban J connectivity index is 1.71. The summed E-state index contributed by atoms with van der Waals surface area (Å²) in [6.07, 6.45) is 0. The minimum Gasteiger partial charge on any atom is -0.192 e. The van der Waals surface area contributed by atoms with E-state index in [4.69, 9.17) is 0 Å². The van der Waals surface area contributed by atoms with Gasteiger partial charge >= 0.3 is 0 Å². The highest BCUT2D eigenvalue weighted by molar-refractivity contribution is 9.10. The molecule has 0 aliphatic carbocycles. The van der Waals surface area contributed by atoms with E-state index in [2.05, 4.69) is 137 Å². The molecule has 0 radical (unpaired) electrons. The number of nitrogens with zero attached hydrogens (tertiary/aromatic N) is 1. The Hall–Kier alpha value is -4.97. The van der Waals surface area contributed by atoms with Crippen LogP contribution in [0, 0.1) is 11.3 Å². The van der Waals surface area contributed by atoms with Gasteiger partial charge in [0.05, 0.1) is 11.6 Å². The Kier molecular flexibility index (Phi) is 4.60. The first-order valence-corrected chi connectivity index (χ1v) is 14.6. The van der Waals surface area contributed by atoms with E-state index in [1.165, 1.54) is 81.5 Å². The SMILES string of the molecule is N#Cc1ccc2c3c(-c4ccccc4)c4c5ccc(Br)c6cccc(c4c(-c4ccccc4)c3c3cccc1c32)c65. The largest absolute Gasteiger partial charge is 0.192 e.